The lowest BCUT2D eigenvalue weighted by Crippen LogP contribution is -2.47. The first-order valence-electron chi connectivity index (χ1n) is 10.4. The number of carbonyl (C=O) groups excluding carboxylic acids is 1. The number of rotatable bonds is 6. The summed E-state index contributed by atoms with van der Waals surface area (Å²) in [5.41, 5.74) is 0. The smallest absolute Gasteiger partial charge is 0.308 e. The van der Waals surface area contributed by atoms with Crippen molar-refractivity contribution >= 4 is 35.9 Å². The molecule has 158 valence electrons. The molecule has 1 saturated carbocycles. The molecule has 1 aromatic heterocycles. The van der Waals surface area contributed by atoms with Crippen LogP contribution in [0.15, 0.2) is 27.8 Å². The van der Waals surface area contributed by atoms with Gasteiger partial charge in [-0.15, -0.1) is 24.0 Å². The summed E-state index contributed by atoms with van der Waals surface area (Å²) in [6.45, 7) is 3.39. The van der Waals surface area contributed by atoms with Crippen molar-refractivity contribution < 1.29 is 13.9 Å². The molecule has 2 fully saturated rings. The molecule has 6 nitrogen and oxygen atoms in total. The molecule has 0 unspecified atom stereocenters. The van der Waals surface area contributed by atoms with Crippen molar-refractivity contribution in [3.05, 3.63) is 24.2 Å². The third-order valence-electron chi connectivity index (χ3n) is 5.79. The molecule has 1 aromatic rings. The maximum Gasteiger partial charge on any atom is 0.308 e. The number of esters is 1. The van der Waals surface area contributed by atoms with Crippen LogP contribution in [0.25, 0.3) is 0 Å². The van der Waals surface area contributed by atoms with Crippen LogP contribution in [0.1, 0.15) is 50.7 Å². The summed E-state index contributed by atoms with van der Waals surface area (Å²) in [5.74, 6) is 2.62. The maximum atomic E-state index is 11.8. The highest BCUT2D eigenvalue weighted by Gasteiger charge is 2.27. The zero-order valence-corrected chi connectivity index (χ0v) is 19.2. The third-order valence-corrected chi connectivity index (χ3v) is 5.79. The van der Waals surface area contributed by atoms with Crippen LogP contribution in [-0.4, -0.2) is 50.1 Å². The molecule has 0 atom stereocenters. The molecule has 2 heterocycles. The van der Waals surface area contributed by atoms with Crippen molar-refractivity contribution in [3.8, 4) is 0 Å². The summed E-state index contributed by atoms with van der Waals surface area (Å²) >= 11 is 0. The molecule has 0 spiro atoms. The van der Waals surface area contributed by atoms with E-state index in [1.165, 1.54) is 39.2 Å². The number of hydrogen-bond donors (Lipinski definition) is 1. The van der Waals surface area contributed by atoms with Gasteiger partial charge in [-0.05, 0) is 43.7 Å². The second-order valence-electron chi connectivity index (χ2n) is 7.71. The van der Waals surface area contributed by atoms with Crippen molar-refractivity contribution in [1.82, 2.24) is 10.2 Å². The Morgan fingerprint density at radius 1 is 1.25 bits per heavy atom. The zero-order chi connectivity index (χ0) is 18.9. The van der Waals surface area contributed by atoms with Crippen LogP contribution in [0.2, 0.25) is 0 Å². The third kappa shape index (κ3) is 6.97. The van der Waals surface area contributed by atoms with E-state index >= 15 is 0 Å². The van der Waals surface area contributed by atoms with E-state index in [4.69, 9.17) is 14.1 Å². The van der Waals surface area contributed by atoms with Crippen LogP contribution in [0, 0.1) is 11.8 Å². The average molecular weight is 503 g/mol. The van der Waals surface area contributed by atoms with Gasteiger partial charge in [0, 0.05) is 32.6 Å². The highest BCUT2D eigenvalue weighted by Crippen LogP contribution is 2.24. The van der Waals surface area contributed by atoms with Crippen LogP contribution in [0.3, 0.4) is 0 Å². The summed E-state index contributed by atoms with van der Waals surface area (Å²) in [7, 11) is 1.47. The van der Waals surface area contributed by atoms with Gasteiger partial charge < -0.3 is 19.4 Å². The van der Waals surface area contributed by atoms with Gasteiger partial charge in [0.25, 0.3) is 0 Å². The predicted molar refractivity (Wildman–Crippen MR) is 121 cm³/mol. The van der Waals surface area contributed by atoms with Crippen molar-refractivity contribution in [2.45, 2.75) is 51.4 Å². The van der Waals surface area contributed by atoms with E-state index in [2.05, 4.69) is 10.2 Å². The molecule has 0 amide bonds. The van der Waals surface area contributed by atoms with E-state index in [9.17, 15) is 4.79 Å². The summed E-state index contributed by atoms with van der Waals surface area (Å²) in [4.78, 5) is 19.0. The molecule has 0 bridgehead atoms. The molecular formula is C21H34IN3O3. The number of piperidine rings is 1. The van der Waals surface area contributed by atoms with E-state index in [0.29, 0.717) is 5.92 Å². The van der Waals surface area contributed by atoms with Gasteiger partial charge in [0.05, 0.1) is 19.3 Å². The van der Waals surface area contributed by atoms with Crippen LogP contribution >= 0.6 is 24.0 Å². The summed E-state index contributed by atoms with van der Waals surface area (Å²) < 4.78 is 10.3. The average Bonchev–Trinajstić information content (AvgIpc) is 3.24. The van der Waals surface area contributed by atoms with Crippen molar-refractivity contribution in [2.24, 2.45) is 16.8 Å². The van der Waals surface area contributed by atoms with E-state index < -0.39 is 0 Å². The first kappa shape index (κ1) is 23.0. The van der Waals surface area contributed by atoms with Gasteiger partial charge in [-0.1, -0.05) is 19.3 Å². The number of likely N-dealkylation sites (tertiary alicyclic amines) is 1. The number of halogens is 1. The van der Waals surface area contributed by atoms with E-state index in [1.807, 2.05) is 12.1 Å². The normalized spacial score (nSPS) is 19.2. The minimum atomic E-state index is -0.0823. The highest BCUT2D eigenvalue weighted by atomic mass is 127. The standard InChI is InChI=1S/C21H33N3O3.HI/c1-26-20(25)18-10-13-24(14-11-18)21(22-12-9-19-8-5-15-27-19)23-16-17-6-3-2-4-7-17;/h5,8,15,17-18H,2-4,6-7,9-14,16H2,1H3,(H,22,23);1H. The van der Waals surface area contributed by atoms with E-state index in [-0.39, 0.29) is 35.9 Å². The van der Waals surface area contributed by atoms with Crippen molar-refractivity contribution in [1.29, 1.82) is 0 Å². The monoisotopic (exact) mass is 503 g/mol. The second-order valence-corrected chi connectivity index (χ2v) is 7.71. The minimum absolute atomic E-state index is 0. The summed E-state index contributed by atoms with van der Waals surface area (Å²) in [5, 5.41) is 3.53. The number of nitrogens with zero attached hydrogens (tertiary/aromatic N) is 2. The molecule has 2 aliphatic rings. The summed E-state index contributed by atoms with van der Waals surface area (Å²) in [6, 6.07) is 3.92. The molecule has 7 heteroatoms. The number of hydrogen-bond acceptors (Lipinski definition) is 4. The van der Waals surface area contributed by atoms with Gasteiger partial charge in [0.2, 0.25) is 0 Å². The largest absolute Gasteiger partial charge is 0.469 e. The Balaban J connectivity index is 0.00000280. The topological polar surface area (TPSA) is 67.1 Å². The van der Waals surface area contributed by atoms with Gasteiger partial charge in [0.1, 0.15) is 5.76 Å². The molecule has 1 aliphatic carbocycles. The highest BCUT2D eigenvalue weighted by molar-refractivity contribution is 14.0. The van der Waals surface area contributed by atoms with Crippen LogP contribution < -0.4 is 5.32 Å². The van der Waals surface area contributed by atoms with Crippen molar-refractivity contribution in [3.63, 3.8) is 0 Å². The fourth-order valence-corrected chi connectivity index (χ4v) is 4.10. The van der Waals surface area contributed by atoms with Crippen LogP contribution in [0.4, 0.5) is 0 Å². The Labute approximate surface area is 185 Å². The van der Waals surface area contributed by atoms with Gasteiger partial charge in [-0.2, -0.15) is 0 Å². The van der Waals surface area contributed by atoms with Gasteiger partial charge in [-0.25, -0.2) is 0 Å². The van der Waals surface area contributed by atoms with Crippen LogP contribution in [-0.2, 0) is 16.0 Å². The maximum absolute atomic E-state index is 11.8. The second kappa shape index (κ2) is 12.3. The van der Waals surface area contributed by atoms with Gasteiger partial charge >= 0.3 is 5.97 Å². The first-order valence-corrected chi connectivity index (χ1v) is 10.4. The zero-order valence-electron chi connectivity index (χ0n) is 16.9. The van der Waals surface area contributed by atoms with E-state index in [1.54, 1.807) is 6.26 Å². The molecule has 3 rings (SSSR count). The lowest BCUT2D eigenvalue weighted by atomic mass is 9.89. The Kier molecular flexibility index (Phi) is 10.2. The number of ether oxygens (including phenoxy) is 1. The number of aliphatic imine (C=N–C) groups is 1. The number of guanidine groups is 1. The molecule has 28 heavy (non-hydrogen) atoms. The lowest BCUT2D eigenvalue weighted by molar-refractivity contribution is -0.146. The minimum Gasteiger partial charge on any atom is -0.469 e. The van der Waals surface area contributed by atoms with Crippen molar-refractivity contribution in [2.75, 3.05) is 33.3 Å². The van der Waals surface area contributed by atoms with Gasteiger partial charge in [0.15, 0.2) is 5.96 Å². The van der Waals surface area contributed by atoms with Gasteiger partial charge in [-0.3, -0.25) is 9.79 Å². The predicted octanol–water partition coefficient (Wildman–Crippen LogP) is 3.85. The number of nitrogens with one attached hydrogen (secondary N) is 1. The number of methoxy groups -OCH3 is 1. The molecule has 1 N–H and O–H groups in total. The number of furan rings is 1. The Morgan fingerprint density at radius 2 is 2.00 bits per heavy atom. The fourth-order valence-electron chi connectivity index (χ4n) is 4.10. The molecule has 1 aliphatic heterocycles. The SMILES string of the molecule is COC(=O)C1CCN(C(=NCC2CCCCC2)NCCc2ccco2)CC1.I. The fraction of sp³-hybridized carbons (Fsp3) is 0.714. The molecular weight excluding hydrogens is 469 g/mol. The van der Waals surface area contributed by atoms with E-state index in [0.717, 1.165) is 57.2 Å². The first-order chi connectivity index (χ1) is 13.3. The quantitative estimate of drug-likeness (QED) is 0.277. The Bertz CT molecular complexity index is 592. The molecule has 0 aromatic carbocycles. The lowest BCUT2D eigenvalue weighted by Gasteiger charge is -2.33. The Morgan fingerprint density at radius 3 is 2.64 bits per heavy atom. The van der Waals surface area contributed by atoms with Crippen LogP contribution in [0.5, 0.6) is 0 Å². The molecule has 0 radical (unpaired) electrons. The number of carbonyl (C=O) groups is 1. The molecule has 1 saturated heterocycles. The Hall–Kier alpha value is -1.25. The summed E-state index contributed by atoms with van der Waals surface area (Å²) in [6.07, 6.45) is 10.9.